The number of aromatic nitrogens is 1. The highest BCUT2D eigenvalue weighted by molar-refractivity contribution is 7.93. The minimum atomic E-state index is -3.51. The van der Waals surface area contributed by atoms with Gasteiger partial charge in [0, 0.05) is 11.6 Å². The Balaban J connectivity index is 2.26. The molecule has 0 saturated carbocycles. The van der Waals surface area contributed by atoms with Crippen molar-refractivity contribution >= 4 is 32.3 Å². The first-order chi connectivity index (χ1) is 10.3. The summed E-state index contributed by atoms with van der Waals surface area (Å²) in [5, 5.41) is 4.50. The molecule has 1 aromatic heterocycles. The minimum absolute atomic E-state index is 0.0153. The van der Waals surface area contributed by atoms with Gasteiger partial charge < -0.3 is 5.32 Å². The van der Waals surface area contributed by atoms with E-state index in [1.807, 2.05) is 24.3 Å². The summed E-state index contributed by atoms with van der Waals surface area (Å²) in [5.74, 6) is -0.231. The smallest absolute Gasteiger partial charge is 0.246 e. The number of benzene rings is 1. The molecular weight excluding hydrogens is 300 g/mol. The fourth-order valence-electron chi connectivity index (χ4n) is 2.08. The zero-order valence-corrected chi connectivity index (χ0v) is 13.8. The zero-order valence-electron chi connectivity index (χ0n) is 13.0. The molecule has 0 aliphatic carbocycles. The Morgan fingerprint density at radius 2 is 1.86 bits per heavy atom. The third kappa shape index (κ3) is 3.11. The average molecular weight is 320 g/mol. The van der Waals surface area contributed by atoms with Crippen LogP contribution in [0.25, 0.3) is 10.8 Å². The van der Waals surface area contributed by atoms with Gasteiger partial charge in [-0.15, -0.1) is 0 Å². The molecule has 0 fully saturated rings. The number of nitrogens with one attached hydrogen (secondary N) is 1. The van der Waals surface area contributed by atoms with Crippen molar-refractivity contribution in [1.29, 1.82) is 0 Å². The maximum Gasteiger partial charge on any atom is 0.246 e. The van der Waals surface area contributed by atoms with Gasteiger partial charge in [0.15, 0.2) is 9.84 Å². The van der Waals surface area contributed by atoms with Crippen molar-refractivity contribution in [3.63, 3.8) is 0 Å². The van der Waals surface area contributed by atoms with Crippen molar-refractivity contribution in [2.45, 2.75) is 31.9 Å². The first-order valence-electron chi connectivity index (χ1n) is 7.16. The van der Waals surface area contributed by atoms with Gasteiger partial charge in [-0.2, -0.15) is 0 Å². The van der Waals surface area contributed by atoms with Gasteiger partial charge in [-0.3, -0.25) is 4.79 Å². The summed E-state index contributed by atoms with van der Waals surface area (Å²) < 4.78 is 22.9. The van der Waals surface area contributed by atoms with Crippen LogP contribution in [0.4, 0.5) is 5.82 Å². The Kier molecular flexibility index (Phi) is 4.51. The summed E-state index contributed by atoms with van der Waals surface area (Å²) >= 11 is 0. The lowest BCUT2D eigenvalue weighted by molar-refractivity contribution is -0.117. The molecule has 118 valence electrons. The van der Waals surface area contributed by atoms with Crippen molar-refractivity contribution in [2.24, 2.45) is 0 Å². The van der Waals surface area contributed by atoms with Crippen LogP contribution in [0.15, 0.2) is 36.5 Å². The second kappa shape index (κ2) is 6.04. The molecule has 0 aliphatic heterocycles. The van der Waals surface area contributed by atoms with Crippen molar-refractivity contribution in [3.05, 3.63) is 36.5 Å². The second-order valence-corrected chi connectivity index (χ2v) is 8.36. The molecule has 1 amide bonds. The molecule has 2 rings (SSSR count). The molecule has 0 spiro atoms. The maximum atomic E-state index is 12.4. The summed E-state index contributed by atoms with van der Waals surface area (Å²) in [5.41, 5.74) is 0. The minimum Gasteiger partial charge on any atom is -0.309 e. The first kappa shape index (κ1) is 16.4. The van der Waals surface area contributed by atoms with Crippen molar-refractivity contribution in [1.82, 2.24) is 4.98 Å². The monoisotopic (exact) mass is 320 g/mol. The number of nitrogens with zero attached hydrogens (tertiary/aromatic N) is 1. The summed E-state index contributed by atoms with van der Waals surface area (Å²) in [6.07, 6.45) is 2.13. The second-order valence-electron chi connectivity index (χ2n) is 5.70. The lowest BCUT2D eigenvalue weighted by atomic mass is 10.1. The Morgan fingerprint density at radius 1 is 1.23 bits per heavy atom. The number of amides is 1. The molecule has 6 heteroatoms. The van der Waals surface area contributed by atoms with Crippen LogP contribution in [0.5, 0.6) is 0 Å². The van der Waals surface area contributed by atoms with Gasteiger partial charge in [-0.1, -0.05) is 31.2 Å². The van der Waals surface area contributed by atoms with E-state index < -0.39 is 20.5 Å². The average Bonchev–Trinajstić information content (AvgIpc) is 2.46. The summed E-state index contributed by atoms with van der Waals surface area (Å²) in [6.45, 7) is 4.62. The quantitative estimate of drug-likeness (QED) is 0.919. The molecule has 22 heavy (non-hydrogen) atoms. The molecular formula is C16H20N2O3S. The molecule has 2 aromatic rings. The number of carbonyl (C=O) groups is 1. The van der Waals surface area contributed by atoms with Crippen molar-refractivity contribution in [3.8, 4) is 0 Å². The standard InChI is InChI=1S/C16H20N2O3S/c1-4-9-22(20,21)16(2,3)15(19)18-14-10-12-7-5-6-8-13(12)11-17-14/h5-8,10-11H,4,9H2,1-3H3,(H,17,18,19). The summed E-state index contributed by atoms with van der Waals surface area (Å²) in [7, 11) is -3.51. The number of anilines is 1. The van der Waals surface area contributed by atoms with Crippen LogP contribution in [0.1, 0.15) is 27.2 Å². The van der Waals surface area contributed by atoms with Crippen LogP contribution >= 0.6 is 0 Å². The Labute approximate surface area is 130 Å². The van der Waals surface area contributed by atoms with E-state index in [1.54, 1.807) is 19.2 Å². The van der Waals surface area contributed by atoms with Crippen LogP contribution < -0.4 is 5.32 Å². The lowest BCUT2D eigenvalue weighted by Gasteiger charge is -2.23. The number of sulfone groups is 1. The first-order valence-corrected chi connectivity index (χ1v) is 8.81. The number of pyridine rings is 1. The zero-order chi connectivity index (χ0) is 16.4. The Morgan fingerprint density at radius 3 is 2.50 bits per heavy atom. The number of fused-ring (bicyclic) bond motifs is 1. The number of hydrogen-bond acceptors (Lipinski definition) is 4. The molecule has 1 N–H and O–H groups in total. The SMILES string of the molecule is CCCS(=O)(=O)C(C)(C)C(=O)Nc1cc2ccccc2cn1. The molecule has 5 nitrogen and oxygen atoms in total. The Hall–Kier alpha value is -1.95. The van der Waals surface area contributed by atoms with Crippen molar-refractivity contribution in [2.75, 3.05) is 11.1 Å². The van der Waals surface area contributed by atoms with Gasteiger partial charge in [-0.05, 0) is 31.7 Å². The number of hydrogen-bond donors (Lipinski definition) is 1. The molecule has 0 bridgehead atoms. The number of carbonyl (C=O) groups excluding carboxylic acids is 1. The Bertz CT molecular complexity index is 798. The normalized spacial score (nSPS) is 12.3. The van der Waals surface area contributed by atoms with E-state index in [-0.39, 0.29) is 5.75 Å². The van der Waals surface area contributed by atoms with E-state index in [2.05, 4.69) is 10.3 Å². The summed E-state index contributed by atoms with van der Waals surface area (Å²) in [4.78, 5) is 16.5. The van der Waals surface area contributed by atoms with Crippen LogP contribution in [0, 0.1) is 0 Å². The molecule has 0 unspecified atom stereocenters. The van der Waals surface area contributed by atoms with E-state index >= 15 is 0 Å². The van der Waals surface area contributed by atoms with Crippen LogP contribution in [0.2, 0.25) is 0 Å². The van der Waals surface area contributed by atoms with Gasteiger partial charge in [-0.25, -0.2) is 13.4 Å². The van der Waals surface area contributed by atoms with Gasteiger partial charge in [0.25, 0.3) is 0 Å². The van der Waals surface area contributed by atoms with E-state index in [0.29, 0.717) is 12.2 Å². The predicted octanol–water partition coefficient (Wildman–Crippen LogP) is 2.78. The highest BCUT2D eigenvalue weighted by atomic mass is 32.2. The highest BCUT2D eigenvalue weighted by Gasteiger charge is 2.41. The largest absolute Gasteiger partial charge is 0.309 e. The fraction of sp³-hybridized carbons (Fsp3) is 0.375. The van der Waals surface area contributed by atoms with E-state index in [4.69, 9.17) is 0 Å². The van der Waals surface area contributed by atoms with Crippen LogP contribution in [-0.2, 0) is 14.6 Å². The molecule has 1 aromatic carbocycles. The lowest BCUT2D eigenvalue weighted by Crippen LogP contribution is -2.45. The van der Waals surface area contributed by atoms with Crippen molar-refractivity contribution < 1.29 is 13.2 Å². The maximum absolute atomic E-state index is 12.4. The van der Waals surface area contributed by atoms with Crippen LogP contribution in [0.3, 0.4) is 0 Å². The van der Waals surface area contributed by atoms with Gasteiger partial charge in [0.05, 0.1) is 5.75 Å². The van der Waals surface area contributed by atoms with E-state index in [9.17, 15) is 13.2 Å². The third-order valence-electron chi connectivity index (χ3n) is 3.67. The third-order valence-corrected chi connectivity index (χ3v) is 6.36. The van der Waals surface area contributed by atoms with Crippen LogP contribution in [-0.4, -0.2) is 29.8 Å². The van der Waals surface area contributed by atoms with E-state index in [0.717, 1.165) is 10.8 Å². The molecule has 0 atom stereocenters. The summed E-state index contributed by atoms with van der Waals surface area (Å²) in [6, 6.07) is 9.36. The molecule has 0 saturated heterocycles. The molecule has 1 heterocycles. The number of rotatable bonds is 5. The van der Waals surface area contributed by atoms with Gasteiger partial charge in [0.1, 0.15) is 10.6 Å². The predicted molar refractivity (Wildman–Crippen MR) is 88.5 cm³/mol. The molecule has 0 radical (unpaired) electrons. The topological polar surface area (TPSA) is 76.1 Å². The fourth-order valence-corrected chi connectivity index (χ4v) is 3.47. The highest BCUT2D eigenvalue weighted by Crippen LogP contribution is 2.22. The van der Waals surface area contributed by atoms with E-state index in [1.165, 1.54) is 13.8 Å². The molecule has 0 aliphatic rings. The van der Waals surface area contributed by atoms with Gasteiger partial charge in [0.2, 0.25) is 5.91 Å². The van der Waals surface area contributed by atoms with Gasteiger partial charge >= 0.3 is 0 Å².